The number of nitrogens with zero attached hydrogens (tertiary/aromatic N) is 1. The lowest BCUT2D eigenvalue weighted by Crippen LogP contribution is -2.49. The zero-order valence-electron chi connectivity index (χ0n) is 8.39. The van der Waals surface area contributed by atoms with Crippen LogP contribution in [0.4, 0.5) is 0 Å². The lowest BCUT2D eigenvalue weighted by molar-refractivity contribution is -0.139. The zero-order chi connectivity index (χ0) is 10.1. The highest BCUT2D eigenvalue weighted by atomic mass is 16.2. The van der Waals surface area contributed by atoms with Gasteiger partial charge in [0.15, 0.2) is 0 Å². The summed E-state index contributed by atoms with van der Waals surface area (Å²) in [6.07, 6.45) is 0.747. The summed E-state index contributed by atoms with van der Waals surface area (Å²) < 4.78 is 0. The summed E-state index contributed by atoms with van der Waals surface area (Å²) in [6.45, 7) is 4.39. The van der Waals surface area contributed by atoms with Crippen molar-refractivity contribution in [3.8, 4) is 0 Å². The summed E-state index contributed by atoms with van der Waals surface area (Å²) in [6, 6.07) is 0. The quantitative estimate of drug-likeness (QED) is 0.634. The fourth-order valence-corrected chi connectivity index (χ4v) is 1.27. The number of carbonyl (C=O) groups is 2. The van der Waals surface area contributed by atoms with E-state index >= 15 is 0 Å². The predicted molar refractivity (Wildman–Crippen MR) is 49.1 cm³/mol. The van der Waals surface area contributed by atoms with Gasteiger partial charge in [0, 0.05) is 24.9 Å². The molecule has 0 saturated carbocycles. The topological polar surface area (TPSA) is 49.4 Å². The van der Waals surface area contributed by atoms with Crippen LogP contribution in [0.5, 0.6) is 0 Å². The number of likely N-dealkylation sites (N-methyl/N-ethyl adjacent to an activating group) is 1. The molecule has 0 aromatic heterocycles. The Morgan fingerprint density at radius 2 is 1.77 bits per heavy atom. The Labute approximate surface area is 78.3 Å². The average Bonchev–Trinajstić information content (AvgIpc) is 2.36. The molecule has 1 heterocycles. The number of hydrogen-bond donors (Lipinski definition) is 1. The average molecular weight is 184 g/mol. The molecule has 0 aromatic carbocycles. The van der Waals surface area contributed by atoms with E-state index in [0.717, 1.165) is 0 Å². The minimum absolute atomic E-state index is 0.0478. The first-order valence-corrected chi connectivity index (χ1v) is 4.48. The maximum absolute atomic E-state index is 11.3. The number of rotatable bonds is 3. The fraction of sp³-hybridized carbons (Fsp3) is 0.778. The van der Waals surface area contributed by atoms with Crippen LogP contribution in [0.25, 0.3) is 0 Å². The summed E-state index contributed by atoms with van der Waals surface area (Å²) in [5.41, 5.74) is -0.199. The summed E-state index contributed by atoms with van der Waals surface area (Å²) in [7, 11) is 1.82. The molecule has 4 heteroatoms. The van der Waals surface area contributed by atoms with E-state index in [9.17, 15) is 9.59 Å². The molecule has 0 unspecified atom stereocenters. The van der Waals surface area contributed by atoms with Crippen molar-refractivity contribution >= 4 is 11.8 Å². The van der Waals surface area contributed by atoms with Crippen molar-refractivity contribution in [2.75, 3.05) is 13.6 Å². The summed E-state index contributed by atoms with van der Waals surface area (Å²) in [4.78, 5) is 23.9. The summed E-state index contributed by atoms with van der Waals surface area (Å²) in [5, 5.41) is 3.06. The molecule has 1 aliphatic heterocycles. The number of imide groups is 1. The molecule has 13 heavy (non-hydrogen) atoms. The molecule has 0 radical (unpaired) electrons. The van der Waals surface area contributed by atoms with E-state index in [-0.39, 0.29) is 17.4 Å². The lowest BCUT2D eigenvalue weighted by Gasteiger charge is -2.28. The molecule has 1 fully saturated rings. The molecular weight excluding hydrogens is 168 g/mol. The van der Waals surface area contributed by atoms with Crippen LogP contribution in [-0.4, -0.2) is 35.8 Å². The van der Waals surface area contributed by atoms with E-state index < -0.39 is 0 Å². The highest BCUT2D eigenvalue weighted by Crippen LogP contribution is 2.15. The third-order valence-electron chi connectivity index (χ3n) is 2.39. The van der Waals surface area contributed by atoms with Crippen molar-refractivity contribution in [2.45, 2.75) is 32.2 Å². The van der Waals surface area contributed by atoms with E-state index in [1.54, 1.807) is 0 Å². The highest BCUT2D eigenvalue weighted by Gasteiger charge is 2.32. The van der Waals surface area contributed by atoms with Crippen LogP contribution in [0.3, 0.4) is 0 Å². The molecule has 0 atom stereocenters. The zero-order valence-corrected chi connectivity index (χ0v) is 8.39. The standard InChI is InChI=1S/C9H16N2O2/c1-9(2,10-3)6-11-7(12)4-5-8(11)13/h10H,4-6H2,1-3H3. The molecule has 2 amide bonds. The maximum atomic E-state index is 11.3. The van der Waals surface area contributed by atoms with Gasteiger partial charge in [0.2, 0.25) is 11.8 Å². The van der Waals surface area contributed by atoms with Gasteiger partial charge >= 0.3 is 0 Å². The number of likely N-dealkylation sites (tertiary alicyclic amines) is 1. The van der Waals surface area contributed by atoms with Crippen LogP contribution in [0.1, 0.15) is 26.7 Å². The van der Waals surface area contributed by atoms with Crippen LogP contribution in [0, 0.1) is 0 Å². The molecule has 1 saturated heterocycles. The largest absolute Gasteiger partial charge is 0.313 e. The molecule has 0 spiro atoms. The van der Waals surface area contributed by atoms with E-state index in [2.05, 4.69) is 5.32 Å². The van der Waals surface area contributed by atoms with Crippen molar-refractivity contribution in [3.63, 3.8) is 0 Å². The SMILES string of the molecule is CNC(C)(C)CN1C(=O)CCC1=O. The summed E-state index contributed by atoms with van der Waals surface area (Å²) >= 11 is 0. The minimum atomic E-state index is -0.199. The van der Waals surface area contributed by atoms with Gasteiger partial charge in [-0.3, -0.25) is 14.5 Å². The predicted octanol–water partition coefficient (Wildman–Crippen LogP) is 0.133. The third-order valence-corrected chi connectivity index (χ3v) is 2.39. The fourth-order valence-electron chi connectivity index (χ4n) is 1.27. The molecule has 0 bridgehead atoms. The monoisotopic (exact) mass is 184 g/mol. The van der Waals surface area contributed by atoms with E-state index in [0.29, 0.717) is 19.4 Å². The number of carbonyl (C=O) groups excluding carboxylic acids is 2. The van der Waals surface area contributed by atoms with Gasteiger partial charge in [0.1, 0.15) is 0 Å². The Morgan fingerprint density at radius 1 is 1.31 bits per heavy atom. The Bertz CT molecular complexity index is 220. The third kappa shape index (κ3) is 2.28. The Morgan fingerprint density at radius 3 is 2.15 bits per heavy atom. The van der Waals surface area contributed by atoms with Gasteiger partial charge in [-0.1, -0.05) is 0 Å². The normalized spacial score (nSPS) is 18.5. The van der Waals surface area contributed by atoms with Gasteiger partial charge < -0.3 is 5.32 Å². The Balaban J connectivity index is 2.62. The molecule has 1 rings (SSSR count). The van der Waals surface area contributed by atoms with Gasteiger partial charge in [-0.25, -0.2) is 0 Å². The molecule has 1 aliphatic rings. The van der Waals surface area contributed by atoms with Crippen LogP contribution in [0.15, 0.2) is 0 Å². The summed E-state index contributed by atoms with van der Waals surface area (Å²) in [5.74, 6) is -0.0957. The first-order valence-electron chi connectivity index (χ1n) is 4.48. The van der Waals surface area contributed by atoms with Crippen LogP contribution >= 0.6 is 0 Å². The van der Waals surface area contributed by atoms with Crippen LogP contribution in [-0.2, 0) is 9.59 Å². The Kier molecular flexibility index (Phi) is 2.71. The van der Waals surface area contributed by atoms with Crippen molar-refractivity contribution in [1.82, 2.24) is 10.2 Å². The molecule has 1 N–H and O–H groups in total. The minimum Gasteiger partial charge on any atom is -0.313 e. The molecule has 0 aliphatic carbocycles. The van der Waals surface area contributed by atoms with Crippen LogP contribution in [0.2, 0.25) is 0 Å². The van der Waals surface area contributed by atoms with E-state index in [1.807, 2.05) is 20.9 Å². The molecule has 0 aromatic rings. The second-order valence-corrected chi connectivity index (χ2v) is 4.01. The molecular formula is C9H16N2O2. The van der Waals surface area contributed by atoms with Gasteiger partial charge in [-0.2, -0.15) is 0 Å². The van der Waals surface area contributed by atoms with E-state index in [4.69, 9.17) is 0 Å². The van der Waals surface area contributed by atoms with Gasteiger partial charge in [-0.15, -0.1) is 0 Å². The maximum Gasteiger partial charge on any atom is 0.229 e. The highest BCUT2D eigenvalue weighted by molar-refractivity contribution is 6.01. The van der Waals surface area contributed by atoms with Crippen molar-refractivity contribution in [3.05, 3.63) is 0 Å². The second kappa shape index (κ2) is 3.46. The van der Waals surface area contributed by atoms with Gasteiger partial charge in [-0.05, 0) is 20.9 Å². The second-order valence-electron chi connectivity index (χ2n) is 4.01. The van der Waals surface area contributed by atoms with Crippen LogP contribution < -0.4 is 5.32 Å². The lowest BCUT2D eigenvalue weighted by atomic mass is 10.1. The first-order chi connectivity index (χ1) is 5.96. The Hall–Kier alpha value is -0.900. The smallest absolute Gasteiger partial charge is 0.229 e. The van der Waals surface area contributed by atoms with Crippen molar-refractivity contribution in [1.29, 1.82) is 0 Å². The van der Waals surface area contributed by atoms with Gasteiger partial charge in [0.05, 0.1) is 0 Å². The van der Waals surface area contributed by atoms with Crippen molar-refractivity contribution < 1.29 is 9.59 Å². The molecule has 4 nitrogen and oxygen atoms in total. The van der Waals surface area contributed by atoms with E-state index in [1.165, 1.54) is 4.90 Å². The number of hydrogen-bond acceptors (Lipinski definition) is 3. The number of nitrogens with one attached hydrogen (secondary N) is 1. The number of amides is 2. The van der Waals surface area contributed by atoms with Gasteiger partial charge in [0.25, 0.3) is 0 Å². The van der Waals surface area contributed by atoms with Crippen molar-refractivity contribution in [2.24, 2.45) is 0 Å². The molecule has 74 valence electrons. The first kappa shape index (κ1) is 10.2.